The van der Waals surface area contributed by atoms with Crippen LogP contribution < -0.4 is 20.7 Å². The largest absolute Gasteiger partial charge is 0.494 e. The number of thioether (sulfide) groups is 1. The first kappa shape index (κ1) is 22.8. The summed E-state index contributed by atoms with van der Waals surface area (Å²) in [7, 11) is 0. The average Bonchev–Trinajstić information content (AvgIpc) is 2.68. The highest BCUT2D eigenvalue weighted by atomic mass is 79.9. The van der Waals surface area contributed by atoms with Crippen LogP contribution in [-0.4, -0.2) is 42.4 Å². The molecule has 0 fully saturated rings. The molecule has 2 rings (SSSR count). The van der Waals surface area contributed by atoms with Crippen LogP contribution in [0.5, 0.6) is 5.75 Å². The van der Waals surface area contributed by atoms with Gasteiger partial charge in [-0.3, -0.25) is 14.4 Å². The summed E-state index contributed by atoms with van der Waals surface area (Å²) in [6, 6.07) is 14.2. The first-order chi connectivity index (χ1) is 14.0. The lowest BCUT2D eigenvalue weighted by Crippen LogP contribution is -2.34. The van der Waals surface area contributed by atoms with Crippen LogP contribution in [0.15, 0.2) is 53.0 Å². The molecule has 0 aliphatic rings. The molecule has 0 heterocycles. The molecule has 0 saturated carbocycles. The summed E-state index contributed by atoms with van der Waals surface area (Å²) in [5.41, 5.74) is 1.30. The van der Waals surface area contributed by atoms with Crippen LogP contribution in [0.4, 0.5) is 11.4 Å². The smallest absolute Gasteiger partial charge is 0.243 e. The van der Waals surface area contributed by atoms with Crippen molar-refractivity contribution in [2.75, 3.05) is 35.3 Å². The quantitative estimate of drug-likeness (QED) is 0.485. The lowest BCUT2D eigenvalue weighted by Gasteiger charge is -2.08. The number of carbonyl (C=O) groups excluding carboxylic acids is 3. The van der Waals surface area contributed by atoms with Gasteiger partial charge in [0.15, 0.2) is 0 Å². The normalized spacial score (nSPS) is 10.1. The highest BCUT2D eigenvalue weighted by Gasteiger charge is 2.09. The first-order valence-electron chi connectivity index (χ1n) is 8.89. The van der Waals surface area contributed by atoms with E-state index in [1.807, 2.05) is 19.1 Å². The molecule has 0 aromatic heterocycles. The number of anilines is 2. The van der Waals surface area contributed by atoms with Gasteiger partial charge in [0.05, 0.1) is 24.7 Å². The molecule has 9 heteroatoms. The van der Waals surface area contributed by atoms with Gasteiger partial charge in [-0.05, 0) is 49.4 Å². The Kier molecular flexibility index (Phi) is 9.52. The molecule has 0 unspecified atom stereocenters. The Labute approximate surface area is 182 Å². The molecule has 7 nitrogen and oxygen atoms in total. The second kappa shape index (κ2) is 12.1. The zero-order valence-electron chi connectivity index (χ0n) is 15.9. The van der Waals surface area contributed by atoms with Gasteiger partial charge in [-0.1, -0.05) is 22.0 Å². The van der Waals surface area contributed by atoms with E-state index in [1.54, 1.807) is 36.4 Å². The van der Waals surface area contributed by atoms with Crippen molar-refractivity contribution in [3.63, 3.8) is 0 Å². The molecule has 0 spiro atoms. The summed E-state index contributed by atoms with van der Waals surface area (Å²) in [6.45, 7) is 2.32. The molecule has 3 N–H and O–H groups in total. The Morgan fingerprint density at radius 1 is 0.931 bits per heavy atom. The number of carbonyl (C=O) groups is 3. The lowest BCUT2D eigenvalue weighted by molar-refractivity contribution is -0.122. The molecule has 0 saturated heterocycles. The number of benzene rings is 2. The number of rotatable bonds is 10. The molecule has 0 bridgehead atoms. The second-order valence-electron chi connectivity index (χ2n) is 5.83. The molecule has 2 aromatic carbocycles. The SMILES string of the molecule is CCOc1ccc(NC(=O)CNC(=O)CSCC(=O)Nc2cccc(Br)c2)cc1. The fourth-order valence-corrected chi connectivity index (χ4v) is 3.28. The molecule has 0 aliphatic heterocycles. The fourth-order valence-electron chi connectivity index (χ4n) is 2.24. The van der Waals surface area contributed by atoms with Gasteiger partial charge in [0, 0.05) is 15.8 Å². The minimum absolute atomic E-state index is 0.0856. The van der Waals surface area contributed by atoms with Gasteiger partial charge >= 0.3 is 0 Å². The van der Waals surface area contributed by atoms with Crippen LogP contribution in [0.25, 0.3) is 0 Å². The van der Waals surface area contributed by atoms with Crippen molar-refractivity contribution in [1.29, 1.82) is 0 Å². The molecular weight excluding hydrogens is 458 g/mol. The van der Waals surface area contributed by atoms with Crippen molar-refractivity contribution in [3.8, 4) is 5.75 Å². The van der Waals surface area contributed by atoms with E-state index in [-0.39, 0.29) is 35.8 Å². The number of amides is 3. The molecule has 154 valence electrons. The minimum Gasteiger partial charge on any atom is -0.494 e. The first-order valence-corrected chi connectivity index (χ1v) is 10.8. The third kappa shape index (κ3) is 9.01. The van der Waals surface area contributed by atoms with E-state index in [1.165, 1.54) is 11.8 Å². The molecule has 29 heavy (non-hydrogen) atoms. The van der Waals surface area contributed by atoms with Crippen LogP contribution in [-0.2, 0) is 14.4 Å². The van der Waals surface area contributed by atoms with E-state index in [0.29, 0.717) is 18.0 Å². The van der Waals surface area contributed by atoms with Gasteiger partial charge in [0.2, 0.25) is 17.7 Å². The van der Waals surface area contributed by atoms with Crippen LogP contribution in [0.2, 0.25) is 0 Å². The van der Waals surface area contributed by atoms with E-state index in [2.05, 4.69) is 31.9 Å². The summed E-state index contributed by atoms with van der Waals surface area (Å²) in [5.74, 6) is 0.0986. The van der Waals surface area contributed by atoms with Crippen molar-refractivity contribution in [3.05, 3.63) is 53.0 Å². The average molecular weight is 480 g/mol. The van der Waals surface area contributed by atoms with E-state index in [0.717, 1.165) is 10.2 Å². The Hall–Kier alpha value is -2.52. The third-order valence-electron chi connectivity index (χ3n) is 3.47. The van der Waals surface area contributed by atoms with Crippen LogP contribution >= 0.6 is 27.7 Å². The van der Waals surface area contributed by atoms with Crippen molar-refractivity contribution >= 4 is 56.8 Å². The molecule has 0 atom stereocenters. The Morgan fingerprint density at radius 3 is 2.31 bits per heavy atom. The second-order valence-corrected chi connectivity index (χ2v) is 7.73. The minimum atomic E-state index is -0.333. The predicted molar refractivity (Wildman–Crippen MR) is 119 cm³/mol. The fraction of sp³-hybridized carbons (Fsp3) is 0.250. The Morgan fingerprint density at radius 2 is 1.62 bits per heavy atom. The van der Waals surface area contributed by atoms with E-state index >= 15 is 0 Å². The summed E-state index contributed by atoms with van der Waals surface area (Å²) < 4.78 is 6.20. The highest BCUT2D eigenvalue weighted by molar-refractivity contribution is 9.10. The zero-order chi connectivity index (χ0) is 21.1. The Balaban J connectivity index is 1.62. The summed E-state index contributed by atoms with van der Waals surface area (Å²) in [4.78, 5) is 35.6. The zero-order valence-corrected chi connectivity index (χ0v) is 18.3. The van der Waals surface area contributed by atoms with Crippen molar-refractivity contribution in [1.82, 2.24) is 5.32 Å². The van der Waals surface area contributed by atoms with E-state index in [4.69, 9.17) is 4.74 Å². The maximum absolute atomic E-state index is 11.9. The lowest BCUT2D eigenvalue weighted by atomic mass is 10.3. The number of hydrogen-bond acceptors (Lipinski definition) is 5. The van der Waals surface area contributed by atoms with Gasteiger partial charge in [-0.15, -0.1) is 11.8 Å². The van der Waals surface area contributed by atoms with Crippen molar-refractivity contribution in [2.24, 2.45) is 0 Å². The van der Waals surface area contributed by atoms with Gasteiger partial charge in [0.1, 0.15) is 5.75 Å². The number of halogens is 1. The molecule has 0 radical (unpaired) electrons. The summed E-state index contributed by atoms with van der Waals surface area (Å²) in [5, 5.41) is 7.97. The molecule has 0 aliphatic carbocycles. The molecular formula is C20H22BrN3O4S. The number of nitrogens with one attached hydrogen (secondary N) is 3. The van der Waals surface area contributed by atoms with Crippen molar-refractivity contribution < 1.29 is 19.1 Å². The van der Waals surface area contributed by atoms with Gasteiger partial charge in [-0.2, -0.15) is 0 Å². The van der Waals surface area contributed by atoms with Crippen LogP contribution in [0.3, 0.4) is 0 Å². The molecule has 3 amide bonds. The highest BCUT2D eigenvalue weighted by Crippen LogP contribution is 2.16. The maximum Gasteiger partial charge on any atom is 0.243 e. The summed E-state index contributed by atoms with van der Waals surface area (Å²) >= 11 is 4.51. The number of hydrogen-bond donors (Lipinski definition) is 3. The van der Waals surface area contributed by atoms with Crippen LogP contribution in [0, 0.1) is 0 Å². The monoisotopic (exact) mass is 479 g/mol. The van der Waals surface area contributed by atoms with Crippen molar-refractivity contribution in [2.45, 2.75) is 6.92 Å². The third-order valence-corrected chi connectivity index (χ3v) is 4.90. The molecule has 2 aromatic rings. The standard InChI is InChI=1S/C20H22BrN3O4S/c1-2-28-17-8-6-15(7-9-17)23-18(25)11-22-19(26)12-29-13-20(27)24-16-5-3-4-14(21)10-16/h3-10H,2,11-13H2,1H3,(H,22,26)(H,23,25)(H,24,27). The van der Waals surface area contributed by atoms with E-state index in [9.17, 15) is 14.4 Å². The topological polar surface area (TPSA) is 96.5 Å². The van der Waals surface area contributed by atoms with Gasteiger partial charge in [-0.25, -0.2) is 0 Å². The van der Waals surface area contributed by atoms with Gasteiger partial charge < -0.3 is 20.7 Å². The van der Waals surface area contributed by atoms with Crippen LogP contribution in [0.1, 0.15) is 6.92 Å². The number of ether oxygens (including phenoxy) is 1. The Bertz CT molecular complexity index is 846. The maximum atomic E-state index is 11.9. The van der Waals surface area contributed by atoms with Gasteiger partial charge in [0.25, 0.3) is 0 Å². The summed E-state index contributed by atoms with van der Waals surface area (Å²) in [6.07, 6.45) is 0. The van der Waals surface area contributed by atoms with E-state index < -0.39 is 0 Å². The predicted octanol–water partition coefficient (Wildman–Crippen LogP) is 3.27.